The van der Waals surface area contributed by atoms with E-state index in [4.69, 9.17) is 0 Å². The maximum absolute atomic E-state index is 11.8. The normalized spacial score (nSPS) is 30.7. The molecule has 0 spiro atoms. The van der Waals surface area contributed by atoms with Gasteiger partial charge in [0.15, 0.2) is 0 Å². The van der Waals surface area contributed by atoms with Crippen molar-refractivity contribution in [1.82, 2.24) is 10.2 Å². The van der Waals surface area contributed by atoms with Gasteiger partial charge in [-0.2, -0.15) is 0 Å². The minimum absolute atomic E-state index is 0.610. The highest BCUT2D eigenvalue weighted by molar-refractivity contribution is 7.84. The summed E-state index contributed by atoms with van der Waals surface area (Å²) in [7, 11) is -0.635. The second kappa shape index (κ2) is 8.64. The summed E-state index contributed by atoms with van der Waals surface area (Å²) in [6.45, 7) is 9.94. The van der Waals surface area contributed by atoms with Crippen molar-refractivity contribution in [2.24, 2.45) is 11.8 Å². The predicted molar refractivity (Wildman–Crippen MR) is 92.1 cm³/mol. The average Bonchev–Trinajstić information content (AvgIpc) is 2.53. The van der Waals surface area contributed by atoms with E-state index in [1.807, 2.05) is 6.92 Å². The fraction of sp³-hybridized carbons (Fsp3) is 1.00. The van der Waals surface area contributed by atoms with Crippen LogP contribution in [0.3, 0.4) is 0 Å². The molecule has 1 saturated heterocycles. The molecule has 0 radical (unpaired) electrons. The molecule has 2 aliphatic rings. The molecule has 1 aliphatic carbocycles. The lowest BCUT2D eigenvalue weighted by Gasteiger charge is -2.45. The van der Waals surface area contributed by atoms with Crippen LogP contribution in [0.4, 0.5) is 0 Å². The van der Waals surface area contributed by atoms with Crippen molar-refractivity contribution in [3.63, 3.8) is 0 Å². The molecule has 3 unspecified atom stereocenters. The van der Waals surface area contributed by atoms with E-state index in [1.54, 1.807) is 0 Å². The summed E-state index contributed by atoms with van der Waals surface area (Å²) in [6, 6.07) is 1.27. The van der Waals surface area contributed by atoms with Gasteiger partial charge in [-0.3, -0.25) is 9.11 Å². The summed E-state index contributed by atoms with van der Waals surface area (Å²) in [4.78, 5) is 2.63. The molecule has 1 heterocycles. The zero-order valence-electron chi connectivity index (χ0n) is 14.1. The van der Waals surface area contributed by atoms with Crippen LogP contribution in [0.15, 0.2) is 0 Å². The number of piperazine rings is 1. The van der Waals surface area contributed by atoms with E-state index >= 15 is 0 Å². The SMILES string of the molecule is CCS(=O)CCN1CC(C2CCCCC2)NCC1C(C)C. The Morgan fingerprint density at radius 1 is 1.24 bits per heavy atom. The van der Waals surface area contributed by atoms with Crippen LogP contribution in [0, 0.1) is 11.8 Å². The minimum atomic E-state index is -0.635. The van der Waals surface area contributed by atoms with Crippen molar-refractivity contribution < 1.29 is 4.21 Å². The Hall–Kier alpha value is 0.0700. The third-order valence-corrected chi connectivity index (χ3v) is 6.69. The lowest BCUT2D eigenvalue weighted by atomic mass is 9.82. The van der Waals surface area contributed by atoms with E-state index in [2.05, 4.69) is 24.1 Å². The first-order chi connectivity index (χ1) is 10.1. The van der Waals surface area contributed by atoms with Crippen molar-refractivity contribution in [2.45, 2.75) is 65.0 Å². The molecule has 0 aromatic rings. The average molecular weight is 315 g/mol. The van der Waals surface area contributed by atoms with Gasteiger partial charge < -0.3 is 5.32 Å². The molecule has 0 aromatic heterocycles. The Labute approximate surface area is 133 Å². The molecule has 1 N–H and O–H groups in total. The van der Waals surface area contributed by atoms with E-state index in [0.717, 1.165) is 37.1 Å². The lowest BCUT2D eigenvalue weighted by Crippen LogP contribution is -2.60. The molecule has 21 heavy (non-hydrogen) atoms. The van der Waals surface area contributed by atoms with Crippen LogP contribution in [0.2, 0.25) is 0 Å². The van der Waals surface area contributed by atoms with E-state index in [-0.39, 0.29) is 0 Å². The molecule has 2 fully saturated rings. The molecule has 4 heteroatoms. The highest BCUT2D eigenvalue weighted by atomic mass is 32.2. The van der Waals surface area contributed by atoms with Crippen molar-refractivity contribution in [2.75, 3.05) is 31.1 Å². The second-order valence-corrected chi connectivity index (χ2v) is 9.02. The molecule has 3 nitrogen and oxygen atoms in total. The van der Waals surface area contributed by atoms with E-state index in [1.165, 1.54) is 32.1 Å². The molecule has 3 atom stereocenters. The number of nitrogens with one attached hydrogen (secondary N) is 1. The van der Waals surface area contributed by atoms with Gasteiger partial charge in [-0.05, 0) is 24.7 Å². The minimum Gasteiger partial charge on any atom is -0.311 e. The quantitative estimate of drug-likeness (QED) is 0.818. The van der Waals surface area contributed by atoms with Crippen LogP contribution in [0.5, 0.6) is 0 Å². The van der Waals surface area contributed by atoms with E-state index in [0.29, 0.717) is 18.0 Å². The summed E-state index contributed by atoms with van der Waals surface area (Å²) in [5, 5.41) is 3.83. The Morgan fingerprint density at radius 3 is 2.57 bits per heavy atom. The third-order valence-electron chi connectivity index (χ3n) is 5.41. The number of rotatable bonds is 6. The Kier molecular flexibility index (Phi) is 7.17. The van der Waals surface area contributed by atoms with Crippen LogP contribution in [-0.2, 0) is 10.8 Å². The van der Waals surface area contributed by atoms with Crippen molar-refractivity contribution in [3.05, 3.63) is 0 Å². The van der Waals surface area contributed by atoms with E-state index in [9.17, 15) is 4.21 Å². The van der Waals surface area contributed by atoms with Crippen molar-refractivity contribution >= 4 is 10.8 Å². The van der Waals surface area contributed by atoms with Crippen LogP contribution < -0.4 is 5.32 Å². The Balaban J connectivity index is 1.92. The maximum Gasteiger partial charge on any atom is 0.0362 e. The zero-order chi connectivity index (χ0) is 15.2. The van der Waals surface area contributed by atoms with Gasteiger partial charge in [0.05, 0.1) is 0 Å². The van der Waals surface area contributed by atoms with Gasteiger partial charge in [-0.1, -0.05) is 40.0 Å². The van der Waals surface area contributed by atoms with Crippen LogP contribution >= 0.6 is 0 Å². The fourth-order valence-electron chi connectivity index (χ4n) is 3.98. The first kappa shape index (κ1) is 17.4. The van der Waals surface area contributed by atoms with Gasteiger partial charge in [0, 0.05) is 54.0 Å². The van der Waals surface area contributed by atoms with Gasteiger partial charge in [0.25, 0.3) is 0 Å². The Bertz CT molecular complexity index is 329. The van der Waals surface area contributed by atoms with Crippen LogP contribution in [0.25, 0.3) is 0 Å². The monoisotopic (exact) mass is 314 g/mol. The van der Waals surface area contributed by atoms with Crippen LogP contribution in [-0.4, -0.2) is 52.3 Å². The van der Waals surface area contributed by atoms with Gasteiger partial charge >= 0.3 is 0 Å². The molecule has 1 aliphatic heterocycles. The van der Waals surface area contributed by atoms with Crippen molar-refractivity contribution in [3.8, 4) is 0 Å². The molecular formula is C17H34N2OS. The number of nitrogens with zero attached hydrogens (tertiary/aromatic N) is 1. The topological polar surface area (TPSA) is 32.3 Å². The lowest BCUT2D eigenvalue weighted by molar-refractivity contribution is 0.0777. The summed E-state index contributed by atoms with van der Waals surface area (Å²) < 4.78 is 11.8. The first-order valence-corrected chi connectivity index (χ1v) is 10.4. The van der Waals surface area contributed by atoms with Gasteiger partial charge in [0.1, 0.15) is 0 Å². The molecule has 1 saturated carbocycles. The highest BCUT2D eigenvalue weighted by Gasteiger charge is 2.33. The maximum atomic E-state index is 11.8. The van der Waals surface area contributed by atoms with Gasteiger partial charge in [0.2, 0.25) is 0 Å². The molecule has 2 rings (SSSR count). The summed E-state index contributed by atoms with van der Waals surface area (Å²) >= 11 is 0. The molecule has 0 bridgehead atoms. The molecule has 0 aromatic carbocycles. The van der Waals surface area contributed by atoms with Crippen molar-refractivity contribution in [1.29, 1.82) is 0 Å². The van der Waals surface area contributed by atoms with Gasteiger partial charge in [-0.15, -0.1) is 0 Å². The van der Waals surface area contributed by atoms with E-state index < -0.39 is 10.8 Å². The highest BCUT2D eigenvalue weighted by Crippen LogP contribution is 2.29. The standard InChI is InChI=1S/C17H34N2OS/c1-4-21(20)11-10-19-13-16(15-8-6-5-7-9-15)18-12-17(19)14(2)3/h14-18H,4-13H2,1-3H3. The largest absolute Gasteiger partial charge is 0.311 e. The predicted octanol–water partition coefficient (Wildman–Crippen LogP) is 2.63. The summed E-state index contributed by atoms with van der Waals surface area (Å²) in [5.74, 6) is 3.17. The smallest absolute Gasteiger partial charge is 0.0362 e. The fourth-order valence-corrected chi connectivity index (χ4v) is 4.71. The number of hydrogen-bond donors (Lipinski definition) is 1. The second-order valence-electron chi connectivity index (χ2n) is 7.15. The zero-order valence-corrected chi connectivity index (χ0v) is 15.0. The van der Waals surface area contributed by atoms with Gasteiger partial charge in [-0.25, -0.2) is 0 Å². The summed E-state index contributed by atoms with van der Waals surface area (Å²) in [6.07, 6.45) is 7.06. The summed E-state index contributed by atoms with van der Waals surface area (Å²) in [5.41, 5.74) is 0. The first-order valence-electron chi connectivity index (χ1n) is 8.94. The number of hydrogen-bond acceptors (Lipinski definition) is 3. The van der Waals surface area contributed by atoms with Crippen LogP contribution in [0.1, 0.15) is 52.9 Å². The molecule has 0 amide bonds. The molecule has 124 valence electrons. The Morgan fingerprint density at radius 2 is 1.95 bits per heavy atom. The third kappa shape index (κ3) is 5.04. The molecular weight excluding hydrogens is 280 g/mol.